The van der Waals surface area contributed by atoms with Gasteiger partial charge >= 0.3 is 0 Å². The number of halogens is 1. The number of benzene rings is 4. The SMILES string of the molecule is C[C@H](C[C@H](N)[C@H](Cc1ccccc1)NC(=O)c1cc(OC2CC2)cc(N(C)S(=O)(=O)c2ccccc2)c1)C(=O)Nc1ccc(F)cc1. The summed E-state index contributed by atoms with van der Waals surface area (Å²) >= 11 is 0. The van der Waals surface area contributed by atoms with Crippen LogP contribution in [0.1, 0.15) is 42.1 Å². The molecule has 0 radical (unpaired) electrons. The molecule has 0 saturated heterocycles. The van der Waals surface area contributed by atoms with Crippen LogP contribution in [0.15, 0.2) is 108 Å². The smallest absolute Gasteiger partial charge is 0.264 e. The summed E-state index contributed by atoms with van der Waals surface area (Å²) in [7, 11) is -2.48. The number of nitrogens with zero attached hydrogens (tertiary/aromatic N) is 1. The van der Waals surface area contributed by atoms with Crippen LogP contribution in [0, 0.1) is 11.7 Å². The molecule has 1 aliphatic carbocycles. The fraction of sp³-hybridized carbons (Fsp3) is 0.278. The third kappa shape index (κ3) is 8.96. The first kappa shape index (κ1) is 33.6. The Morgan fingerprint density at radius 2 is 1.60 bits per heavy atom. The van der Waals surface area contributed by atoms with Gasteiger partial charge in [0, 0.05) is 42.4 Å². The largest absolute Gasteiger partial charge is 0.490 e. The van der Waals surface area contributed by atoms with Gasteiger partial charge in [-0.25, -0.2) is 12.8 Å². The van der Waals surface area contributed by atoms with Crippen LogP contribution < -0.4 is 25.4 Å². The number of nitrogens with two attached hydrogens (primary N) is 1. The zero-order valence-corrected chi connectivity index (χ0v) is 27.1. The van der Waals surface area contributed by atoms with Gasteiger partial charge in [-0.3, -0.25) is 13.9 Å². The Bertz CT molecular complexity index is 1790. The van der Waals surface area contributed by atoms with Crippen molar-refractivity contribution in [2.75, 3.05) is 16.7 Å². The zero-order valence-electron chi connectivity index (χ0n) is 26.3. The van der Waals surface area contributed by atoms with Crippen molar-refractivity contribution in [2.45, 2.75) is 55.7 Å². The molecule has 0 aromatic heterocycles. The molecule has 0 aliphatic heterocycles. The Balaban J connectivity index is 1.37. The Morgan fingerprint density at radius 3 is 2.23 bits per heavy atom. The molecule has 47 heavy (non-hydrogen) atoms. The summed E-state index contributed by atoms with van der Waals surface area (Å²) in [4.78, 5) is 27.0. The summed E-state index contributed by atoms with van der Waals surface area (Å²) in [6, 6.07) is 26.6. The van der Waals surface area contributed by atoms with Crippen molar-refractivity contribution < 1.29 is 27.1 Å². The lowest BCUT2D eigenvalue weighted by Crippen LogP contribution is -2.50. The molecule has 246 valence electrons. The van der Waals surface area contributed by atoms with E-state index in [2.05, 4.69) is 10.6 Å². The fourth-order valence-corrected chi connectivity index (χ4v) is 6.34. The second-order valence-corrected chi connectivity index (χ2v) is 13.9. The second-order valence-electron chi connectivity index (χ2n) is 11.9. The van der Waals surface area contributed by atoms with Gasteiger partial charge in [-0.05, 0) is 79.8 Å². The second kappa shape index (κ2) is 14.8. The molecule has 0 unspecified atom stereocenters. The summed E-state index contributed by atoms with van der Waals surface area (Å²) in [6.45, 7) is 1.74. The van der Waals surface area contributed by atoms with Crippen LogP contribution in [0.5, 0.6) is 5.75 Å². The first-order valence-electron chi connectivity index (χ1n) is 15.5. The third-order valence-electron chi connectivity index (χ3n) is 8.06. The van der Waals surface area contributed by atoms with Crippen LogP contribution in [-0.2, 0) is 21.2 Å². The van der Waals surface area contributed by atoms with E-state index in [9.17, 15) is 22.4 Å². The van der Waals surface area contributed by atoms with Crippen molar-refractivity contribution in [3.8, 4) is 5.75 Å². The summed E-state index contributed by atoms with van der Waals surface area (Å²) in [5.41, 5.74) is 8.58. The van der Waals surface area contributed by atoms with E-state index >= 15 is 0 Å². The molecule has 1 fully saturated rings. The predicted molar refractivity (Wildman–Crippen MR) is 180 cm³/mol. The van der Waals surface area contributed by atoms with E-state index in [0.717, 1.165) is 22.7 Å². The molecule has 9 nitrogen and oxygen atoms in total. The number of hydrogen-bond acceptors (Lipinski definition) is 6. The average molecular weight is 659 g/mol. The third-order valence-corrected chi connectivity index (χ3v) is 9.86. The van der Waals surface area contributed by atoms with Gasteiger partial charge in [-0.15, -0.1) is 0 Å². The molecule has 1 aliphatic rings. The number of nitrogens with one attached hydrogen (secondary N) is 2. The topological polar surface area (TPSA) is 131 Å². The van der Waals surface area contributed by atoms with Crippen molar-refractivity contribution in [2.24, 2.45) is 11.7 Å². The van der Waals surface area contributed by atoms with Crippen molar-refractivity contribution in [1.29, 1.82) is 0 Å². The van der Waals surface area contributed by atoms with Gasteiger partial charge < -0.3 is 21.1 Å². The molecular weight excluding hydrogens is 619 g/mol. The molecule has 11 heteroatoms. The number of ether oxygens (including phenoxy) is 1. The number of carbonyl (C=O) groups is 2. The maximum Gasteiger partial charge on any atom is 0.264 e. The first-order valence-corrected chi connectivity index (χ1v) is 17.0. The average Bonchev–Trinajstić information content (AvgIpc) is 3.89. The maximum atomic E-state index is 13.9. The summed E-state index contributed by atoms with van der Waals surface area (Å²) < 4.78 is 47.3. The van der Waals surface area contributed by atoms with Crippen LogP contribution >= 0.6 is 0 Å². The first-order chi connectivity index (χ1) is 22.5. The van der Waals surface area contributed by atoms with Crippen molar-refractivity contribution >= 4 is 33.2 Å². The normalized spacial score (nSPS) is 14.8. The van der Waals surface area contributed by atoms with E-state index in [0.29, 0.717) is 17.9 Å². The molecule has 4 N–H and O–H groups in total. The van der Waals surface area contributed by atoms with Crippen LogP contribution in [0.4, 0.5) is 15.8 Å². The Hall–Kier alpha value is -4.74. The Kier molecular flexibility index (Phi) is 10.6. The number of amides is 2. The van der Waals surface area contributed by atoms with E-state index in [-0.39, 0.29) is 34.6 Å². The molecule has 0 heterocycles. The highest BCUT2D eigenvalue weighted by atomic mass is 32.2. The van der Waals surface area contributed by atoms with Gasteiger partial charge in [-0.1, -0.05) is 55.5 Å². The van der Waals surface area contributed by atoms with E-state index in [1.165, 1.54) is 49.5 Å². The quantitative estimate of drug-likeness (QED) is 0.164. The Morgan fingerprint density at radius 1 is 0.957 bits per heavy atom. The molecule has 1 saturated carbocycles. The van der Waals surface area contributed by atoms with Gasteiger partial charge in [0.1, 0.15) is 11.6 Å². The van der Waals surface area contributed by atoms with E-state index in [1.807, 2.05) is 30.3 Å². The molecule has 5 rings (SSSR count). The van der Waals surface area contributed by atoms with Crippen LogP contribution in [0.3, 0.4) is 0 Å². The highest BCUT2D eigenvalue weighted by molar-refractivity contribution is 7.92. The number of hydrogen-bond donors (Lipinski definition) is 3. The number of anilines is 2. The van der Waals surface area contributed by atoms with Crippen molar-refractivity contribution in [1.82, 2.24) is 5.32 Å². The summed E-state index contributed by atoms with van der Waals surface area (Å²) in [5.74, 6) is -1.28. The number of sulfonamides is 1. The zero-order chi connectivity index (χ0) is 33.6. The lowest BCUT2D eigenvalue weighted by molar-refractivity contribution is -0.119. The molecular formula is C36H39FN4O5S. The molecule has 0 spiro atoms. The summed E-state index contributed by atoms with van der Waals surface area (Å²) in [5, 5.41) is 5.83. The maximum absolute atomic E-state index is 13.9. The lowest BCUT2D eigenvalue weighted by Gasteiger charge is -2.28. The minimum Gasteiger partial charge on any atom is -0.490 e. The van der Waals surface area contributed by atoms with E-state index in [1.54, 1.807) is 37.3 Å². The van der Waals surface area contributed by atoms with Crippen LogP contribution in [0.25, 0.3) is 0 Å². The van der Waals surface area contributed by atoms with E-state index < -0.39 is 39.7 Å². The van der Waals surface area contributed by atoms with Gasteiger partial charge in [-0.2, -0.15) is 0 Å². The Labute approximate surface area is 275 Å². The van der Waals surface area contributed by atoms with Gasteiger partial charge in [0.2, 0.25) is 5.91 Å². The predicted octanol–water partition coefficient (Wildman–Crippen LogP) is 5.53. The van der Waals surface area contributed by atoms with Crippen LogP contribution in [-0.4, -0.2) is 45.5 Å². The van der Waals surface area contributed by atoms with Crippen molar-refractivity contribution in [3.63, 3.8) is 0 Å². The highest BCUT2D eigenvalue weighted by Crippen LogP contribution is 2.32. The standard InChI is InChI=1S/C36H39FN4O5S/c1-24(35(42)39-28-15-13-27(37)14-16-28)19-33(38)34(20-25-9-5-3-6-10-25)40-36(43)26-21-29(23-31(22-26)46-30-17-18-30)41(2)47(44,45)32-11-7-4-8-12-32/h3-16,21-24,30,33-34H,17-20,38H2,1-2H3,(H,39,42)(H,40,43)/t24-,33+,34+/m1/s1. The van der Waals surface area contributed by atoms with E-state index in [4.69, 9.17) is 10.5 Å². The monoisotopic (exact) mass is 658 g/mol. The lowest BCUT2D eigenvalue weighted by atomic mass is 9.92. The van der Waals surface area contributed by atoms with Crippen molar-refractivity contribution in [3.05, 3.63) is 120 Å². The van der Waals surface area contributed by atoms with Gasteiger partial charge in [0.15, 0.2) is 0 Å². The van der Waals surface area contributed by atoms with Gasteiger partial charge in [0.25, 0.3) is 15.9 Å². The minimum atomic E-state index is -3.92. The fourth-order valence-electron chi connectivity index (χ4n) is 5.14. The molecule has 4 aromatic carbocycles. The molecule has 4 aromatic rings. The highest BCUT2D eigenvalue weighted by Gasteiger charge is 2.29. The number of rotatable bonds is 14. The van der Waals surface area contributed by atoms with Crippen LogP contribution in [0.2, 0.25) is 0 Å². The molecule has 2 amide bonds. The van der Waals surface area contributed by atoms with Gasteiger partial charge in [0.05, 0.1) is 16.7 Å². The minimum absolute atomic E-state index is 0.0130. The number of carbonyl (C=O) groups excluding carboxylic acids is 2. The molecule has 0 bridgehead atoms. The molecule has 3 atom stereocenters. The summed E-state index contributed by atoms with van der Waals surface area (Å²) in [6.07, 6.45) is 2.42.